The van der Waals surface area contributed by atoms with E-state index in [1.807, 2.05) is 18.2 Å². The van der Waals surface area contributed by atoms with Crippen LogP contribution >= 0.6 is 15.9 Å². The zero-order valence-corrected chi connectivity index (χ0v) is 14.5. The van der Waals surface area contributed by atoms with Gasteiger partial charge in [0.15, 0.2) is 9.84 Å². The normalized spacial score (nSPS) is 18.7. The van der Waals surface area contributed by atoms with Crippen molar-refractivity contribution in [3.05, 3.63) is 76.1 Å². The van der Waals surface area contributed by atoms with Gasteiger partial charge in [-0.05, 0) is 42.5 Å². The molecule has 0 radical (unpaired) electrons. The third-order valence-corrected chi connectivity index (χ3v) is 5.49. The second-order valence-electron chi connectivity index (χ2n) is 5.24. The lowest BCUT2D eigenvalue weighted by Crippen LogP contribution is -2.41. The van der Waals surface area contributed by atoms with Gasteiger partial charge in [0.05, 0.1) is 11.8 Å². The van der Waals surface area contributed by atoms with Crippen molar-refractivity contribution >= 4 is 37.4 Å². The molecule has 118 valence electrons. The van der Waals surface area contributed by atoms with Crippen LogP contribution in [0.25, 0.3) is 0 Å². The first-order valence-corrected chi connectivity index (χ1v) is 9.52. The van der Waals surface area contributed by atoms with Crippen molar-refractivity contribution in [2.24, 2.45) is 0 Å². The van der Waals surface area contributed by atoms with Crippen molar-refractivity contribution in [3.63, 3.8) is 0 Å². The van der Waals surface area contributed by atoms with Gasteiger partial charge in [0, 0.05) is 21.1 Å². The fourth-order valence-corrected chi connectivity index (χ4v) is 4.03. The molecule has 0 bridgehead atoms. The minimum atomic E-state index is -3.25. The highest BCUT2D eigenvalue weighted by Crippen LogP contribution is 2.25. The molecule has 1 unspecified atom stereocenters. The summed E-state index contributed by atoms with van der Waals surface area (Å²) in [6, 6.07) is 15.6. The molecular weight excluding hydrogens is 378 g/mol. The van der Waals surface area contributed by atoms with Crippen LogP contribution in [0.15, 0.2) is 70.6 Å². The molecule has 6 heteroatoms. The number of para-hydroxylation sites is 1. The van der Waals surface area contributed by atoms with E-state index >= 15 is 0 Å². The summed E-state index contributed by atoms with van der Waals surface area (Å²) in [5, 5.41) is 1.18. The first-order valence-electron chi connectivity index (χ1n) is 7.01. The summed E-state index contributed by atoms with van der Waals surface area (Å²) in [6.45, 7) is 0. The molecule has 3 rings (SSSR count). The van der Waals surface area contributed by atoms with Crippen LogP contribution in [0.5, 0.6) is 0 Å². The Morgan fingerprint density at radius 2 is 1.70 bits per heavy atom. The van der Waals surface area contributed by atoms with Gasteiger partial charge >= 0.3 is 0 Å². The lowest BCUT2D eigenvalue weighted by atomic mass is 10.1. The Labute approximate surface area is 143 Å². The highest BCUT2D eigenvalue weighted by molar-refractivity contribution is 9.10. The topological polar surface area (TPSA) is 54.5 Å². The van der Waals surface area contributed by atoms with Crippen LogP contribution in [0, 0.1) is 0 Å². The summed E-state index contributed by atoms with van der Waals surface area (Å²) in [5.41, 5.74) is 1.18. The molecule has 0 aliphatic carbocycles. The van der Waals surface area contributed by atoms with Crippen LogP contribution < -0.4 is 4.90 Å². The van der Waals surface area contributed by atoms with E-state index in [0.29, 0.717) is 11.3 Å². The van der Waals surface area contributed by atoms with Crippen molar-refractivity contribution in [1.29, 1.82) is 0 Å². The second-order valence-corrected chi connectivity index (χ2v) is 8.09. The minimum absolute atomic E-state index is 0.0931. The number of benzene rings is 2. The molecule has 0 fully saturated rings. The summed E-state index contributed by atoms with van der Waals surface area (Å²) in [4.78, 5) is 14.5. The van der Waals surface area contributed by atoms with Crippen LogP contribution in [0.1, 0.15) is 10.4 Å². The van der Waals surface area contributed by atoms with E-state index in [2.05, 4.69) is 15.9 Å². The van der Waals surface area contributed by atoms with Gasteiger partial charge in [-0.1, -0.05) is 34.1 Å². The molecular formula is C17H14BrNO3S. The van der Waals surface area contributed by atoms with Crippen molar-refractivity contribution < 1.29 is 13.2 Å². The fourth-order valence-electron chi connectivity index (χ4n) is 2.50. The van der Waals surface area contributed by atoms with Crippen LogP contribution in [-0.4, -0.2) is 26.1 Å². The fraction of sp³-hybridized carbons (Fsp3) is 0.118. The van der Waals surface area contributed by atoms with Crippen molar-refractivity contribution in [1.82, 2.24) is 0 Å². The molecule has 2 aromatic rings. The maximum Gasteiger partial charge on any atom is 0.258 e. The zero-order valence-electron chi connectivity index (χ0n) is 12.1. The minimum Gasteiger partial charge on any atom is -0.300 e. The molecule has 1 aliphatic heterocycles. The molecule has 0 spiro atoms. The Hall–Kier alpha value is -1.92. The quantitative estimate of drug-likeness (QED) is 0.805. The molecule has 0 N–H and O–H groups in total. The summed E-state index contributed by atoms with van der Waals surface area (Å²) in [7, 11) is -3.25. The van der Waals surface area contributed by atoms with Crippen LogP contribution in [0.4, 0.5) is 5.69 Å². The third kappa shape index (κ3) is 3.54. The summed E-state index contributed by atoms with van der Waals surface area (Å²) in [5.74, 6) is -0.320. The number of anilines is 1. The molecule has 1 atom stereocenters. The molecule has 0 saturated carbocycles. The third-order valence-electron chi connectivity index (χ3n) is 3.59. The first-order chi connectivity index (χ1) is 11.0. The number of nitrogens with zero attached hydrogens (tertiary/aromatic N) is 1. The van der Waals surface area contributed by atoms with Gasteiger partial charge < -0.3 is 4.90 Å². The standard InChI is InChI=1S/C17H14BrNO3S/c18-14-8-6-13(7-9-14)17(20)19(15-4-2-1-3-5-15)16-10-11-23(21,22)12-16/h1-11,16H,12H2. The monoisotopic (exact) mass is 391 g/mol. The van der Waals surface area contributed by atoms with Gasteiger partial charge in [-0.15, -0.1) is 0 Å². The van der Waals surface area contributed by atoms with Crippen molar-refractivity contribution in [2.75, 3.05) is 10.7 Å². The SMILES string of the molecule is O=C(c1ccc(Br)cc1)N(c1ccccc1)C1C=CS(=O)(=O)C1. The van der Waals surface area contributed by atoms with E-state index < -0.39 is 15.9 Å². The highest BCUT2D eigenvalue weighted by Gasteiger charge is 2.31. The van der Waals surface area contributed by atoms with E-state index in [0.717, 1.165) is 4.47 Å². The molecule has 1 amide bonds. The zero-order chi connectivity index (χ0) is 16.4. The number of amides is 1. The van der Waals surface area contributed by atoms with Crippen LogP contribution in [0.2, 0.25) is 0 Å². The Morgan fingerprint density at radius 3 is 2.26 bits per heavy atom. The molecule has 0 saturated heterocycles. The van der Waals surface area contributed by atoms with Gasteiger partial charge in [-0.25, -0.2) is 8.42 Å². The maximum atomic E-state index is 12.9. The predicted octanol–water partition coefficient (Wildman–Crippen LogP) is 3.41. The van der Waals surface area contributed by atoms with Gasteiger partial charge in [-0.2, -0.15) is 0 Å². The molecule has 1 heterocycles. The first kappa shape index (κ1) is 16.0. The second kappa shape index (κ2) is 6.29. The molecule has 23 heavy (non-hydrogen) atoms. The number of hydrogen-bond acceptors (Lipinski definition) is 3. The predicted molar refractivity (Wildman–Crippen MR) is 94.1 cm³/mol. The highest BCUT2D eigenvalue weighted by atomic mass is 79.9. The van der Waals surface area contributed by atoms with E-state index in [4.69, 9.17) is 0 Å². The summed E-state index contributed by atoms with van der Waals surface area (Å²) >= 11 is 3.34. The molecule has 2 aromatic carbocycles. The van der Waals surface area contributed by atoms with E-state index in [-0.39, 0.29) is 11.7 Å². The number of halogens is 1. The number of carbonyl (C=O) groups is 1. The van der Waals surface area contributed by atoms with Gasteiger partial charge in [-0.3, -0.25) is 4.79 Å². The smallest absolute Gasteiger partial charge is 0.258 e. The average Bonchev–Trinajstić information content (AvgIpc) is 2.89. The Morgan fingerprint density at radius 1 is 1.04 bits per heavy atom. The van der Waals surface area contributed by atoms with Crippen LogP contribution in [0.3, 0.4) is 0 Å². The molecule has 4 nitrogen and oxygen atoms in total. The van der Waals surface area contributed by atoms with Crippen molar-refractivity contribution in [3.8, 4) is 0 Å². The lowest BCUT2D eigenvalue weighted by Gasteiger charge is -2.27. The number of carbonyl (C=O) groups excluding carboxylic acids is 1. The van der Waals surface area contributed by atoms with Gasteiger partial charge in [0.25, 0.3) is 5.91 Å². The van der Waals surface area contributed by atoms with E-state index in [9.17, 15) is 13.2 Å². The average molecular weight is 392 g/mol. The summed E-state index contributed by atoms with van der Waals surface area (Å²) in [6.07, 6.45) is 1.57. The largest absolute Gasteiger partial charge is 0.300 e. The maximum absolute atomic E-state index is 12.9. The molecule has 1 aliphatic rings. The Kier molecular flexibility index (Phi) is 4.37. The van der Waals surface area contributed by atoms with Gasteiger partial charge in [0.1, 0.15) is 0 Å². The van der Waals surface area contributed by atoms with Crippen molar-refractivity contribution in [2.45, 2.75) is 6.04 Å². The number of rotatable bonds is 3. The lowest BCUT2D eigenvalue weighted by molar-refractivity contribution is 0.0983. The summed E-state index contributed by atoms with van der Waals surface area (Å²) < 4.78 is 24.4. The number of sulfone groups is 1. The van der Waals surface area contributed by atoms with E-state index in [1.165, 1.54) is 10.3 Å². The molecule has 0 aromatic heterocycles. The van der Waals surface area contributed by atoms with E-state index in [1.54, 1.807) is 42.5 Å². The van der Waals surface area contributed by atoms with Gasteiger partial charge in [0.2, 0.25) is 0 Å². The van der Waals surface area contributed by atoms with Crippen LogP contribution in [-0.2, 0) is 9.84 Å². The number of hydrogen-bond donors (Lipinski definition) is 0. The Balaban J connectivity index is 2.00. The Bertz CT molecular complexity index is 845.